The van der Waals surface area contributed by atoms with Crippen molar-refractivity contribution in [1.29, 1.82) is 0 Å². The van der Waals surface area contributed by atoms with E-state index in [9.17, 15) is 26.4 Å². The van der Waals surface area contributed by atoms with Crippen molar-refractivity contribution in [2.45, 2.75) is 17.6 Å². The number of para-hydroxylation sites is 1. The summed E-state index contributed by atoms with van der Waals surface area (Å²) in [6.07, 6.45) is -4.57. The molecule has 0 unspecified atom stereocenters. The summed E-state index contributed by atoms with van der Waals surface area (Å²) >= 11 is 0. The Morgan fingerprint density at radius 2 is 1.73 bits per heavy atom. The van der Waals surface area contributed by atoms with E-state index in [0.717, 1.165) is 12.1 Å². The first kappa shape index (κ1) is 21.5. The summed E-state index contributed by atoms with van der Waals surface area (Å²) in [5.41, 5.74) is 0.00630. The molecule has 3 rings (SSSR count). The Kier molecular flexibility index (Phi) is 5.94. The molecule has 0 atom stereocenters. The summed E-state index contributed by atoms with van der Waals surface area (Å²) in [5, 5.41) is 12.0. The molecule has 11 heteroatoms. The summed E-state index contributed by atoms with van der Waals surface area (Å²) in [5.74, 6) is -1.03. The second kappa shape index (κ2) is 8.28. The number of benzene rings is 2. The van der Waals surface area contributed by atoms with E-state index in [-0.39, 0.29) is 23.7 Å². The fourth-order valence-corrected chi connectivity index (χ4v) is 3.76. The summed E-state index contributed by atoms with van der Waals surface area (Å²) in [4.78, 5) is 14.6. The van der Waals surface area contributed by atoms with Crippen LogP contribution in [0.2, 0.25) is 0 Å². The monoisotopic (exact) mass is 439 g/mol. The first-order valence-corrected chi connectivity index (χ1v) is 10.1. The van der Waals surface area contributed by atoms with Gasteiger partial charge in [-0.3, -0.25) is 9.52 Å². The smallest absolute Gasteiger partial charge is 0.416 e. The van der Waals surface area contributed by atoms with Crippen molar-refractivity contribution in [3.63, 3.8) is 0 Å². The van der Waals surface area contributed by atoms with Crippen molar-refractivity contribution in [2.75, 3.05) is 11.3 Å². The number of carboxylic acids is 1. The fourth-order valence-electron chi connectivity index (χ4n) is 2.69. The Morgan fingerprint density at radius 1 is 1.03 bits per heavy atom. The summed E-state index contributed by atoms with van der Waals surface area (Å²) in [6, 6.07) is 11.3. The van der Waals surface area contributed by atoms with Crippen LogP contribution in [-0.4, -0.2) is 31.0 Å². The molecule has 0 amide bonds. The highest BCUT2D eigenvalue weighted by Crippen LogP contribution is 2.30. The maximum atomic E-state index is 12.7. The van der Waals surface area contributed by atoms with E-state index in [4.69, 9.17) is 5.11 Å². The molecule has 0 aliphatic heterocycles. The molecule has 0 saturated carbocycles. The Balaban J connectivity index is 1.89. The van der Waals surface area contributed by atoms with Gasteiger partial charge in [0, 0.05) is 11.9 Å². The quantitative estimate of drug-likeness (QED) is 0.522. The first-order chi connectivity index (χ1) is 14.1. The van der Waals surface area contributed by atoms with E-state index in [1.807, 2.05) is 0 Å². The predicted octanol–water partition coefficient (Wildman–Crippen LogP) is 3.23. The van der Waals surface area contributed by atoms with Crippen LogP contribution in [0.1, 0.15) is 11.3 Å². The molecule has 0 bridgehead atoms. The molecular formula is C19H16F3N3O4S. The average molecular weight is 439 g/mol. The van der Waals surface area contributed by atoms with Crippen LogP contribution in [0.15, 0.2) is 59.5 Å². The third kappa shape index (κ3) is 5.05. The number of carbonyl (C=O) groups is 1. The van der Waals surface area contributed by atoms with Crippen molar-refractivity contribution >= 4 is 32.6 Å². The van der Waals surface area contributed by atoms with Gasteiger partial charge in [-0.25, -0.2) is 13.4 Å². The molecule has 7 nitrogen and oxygen atoms in total. The van der Waals surface area contributed by atoms with Gasteiger partial charge in [0.2, 0.25) is 0 Å². The number of nitrogens with zero attached hydrogens (tertiary/aromatic N) is 1. The highest BCUT2D eigenvalue weighted by Gasteiger charge is 2.30. The minimum absolute atomic E-state index is 0.146. The molecule has 0 saturated heterocycles. The third-order valence-corrected chi connectivity index (χ3v) is 5.48. The van der Waals surface area contributed by atoms with Crippen molar-refractivity contribution in [3.8, 4) is 0 Å². The third-order valence-electron chi connectivity index (χ3n) is 4.10. The summed E-state index contributed by atoms with van der Waals surface area (Å²) in [7, 11) is -4.16. The second-order valence-electron chi connectivity index (χ2n) is 6.30. The van der Waals surface area contributed by atoms with Crippen LogP contribution in [0.3, 0.4) is 0 Å². The molecule has 0 aliphatic rings. The number of hydrogen-bond acceptors (Lipinski definition) is 5. The standard InChI is InChI=1S/C19H16F3N3O4S/c20-19(21,22)13-5-8-15(9-6-13)30(28,29)25-16-3-1-2-12-4-7-14(24-18(12)16)10-23-11-17(26)27/h1-9,23,25H,10-11H2,(H,26,27). The number of aromatic nitrogens is 1. The number of hydrogen-bond donors (Lipinski definition) is 3. The van der Waals surface area contributed by atoms with Gasteiger partial charge in [-0.2, -0.15) is 13.2 Å². The van der Waals surface area contributed by atoms with Crippen LogP contribution < -0.4 is 10.0 Å². The molecule has 1 heterocycles. The van der Waals surface area contributed by atoms with Gasteiger partial charge in [0.1, 0.15) is 0 Å². The van der Waals surface area contributed by atoms with Gasteiger partial charge in [-0.05, 0) is 36.4 Å². The Morgan fingerprint density at radius 3 is 2.37 bits per heavy atom. The van der Waals surface area contributed by atoms with Gasteiger partial charge in [0.05, 0.1) is 33.9 Å². The van der Waals surface area contributed by atoms with Crippen LogP contribution in [0.25, 0.3) is 10.9 Å². The van der Waals surface area contributed by atoms with E-state index in [2.05, 4.69) is 15.0 Å². The molecule has 30 heavy (non-hydrogen) atoms. The van der Waals surface area contributed by atoms with E-state index in [0.29, 0.717) is 28.7 Å². The van der Waals surface area contributed by atoms with Crippen molar-refractivity contribution in [3.05, 3.63) is 65.9 Å². The number of halogens is 3. The molecule has 0 radical (unpaired) electrons. The fraction of sp³-hybridized carbons (Fsp3) is 0.158. The van der Waals surface area contributed by atoms with Gasteiger partial charge >= 0.3 is 12.1 Å². The number of rotatable bonds is 7. The molecule has 3 N–H and O–H groups in total. The molecule has 2 aromatic carbocycles. The Labute approximate surface area is 169 Å². The molecule has 158 valence electrons. The lowest BCUT2D eigenvalue weighted by Gasteiger charge is -2.12. The zero-order valence-corrected chi connectivity index (χ0v) is 16.1. The molecule has 0 aliphatic carbocycles. The van der Waals surface area contributed by atoms with E-state index < -0.39 is 27.7 Å². The van der Waals surface area contributed by atoms with Crippen molar-refractivity contribution < 1.29 is 31.5 Å². The normalized spacial score (nSPS) is 12.1. The van der Waals surface area contributed by atoms with Gasteiger partial charge in [-0.15, -0.1) is 0 Å². The highest BCUT2D eigenvalue weighted by atomic mass is 32.2. The lowest BCUT2D eigenvalue weighted by atomic mass is 10.2. The maximum absolute atomic E-state index is 12.7. The van der Waals surface area contributed by atoms with Crippen LogP contribution in [-0.2, 0) is 27.5 Å². The molecular weight excluding hydrogens is 423 g/mol. The lowest BCUT2D eigenvalue weighted by molar-refractivity contribution is -0.138. The number of nitrogens with one attached hydrogen (secondary N) is 2. The Bertz CT molecular complexity index is 1180. The van der Waals surface area contributed by atoms with Gasteiger partial charge < -0.3 is 10.4 Å². The predicted molar refractivity (Wildman–Crippen MR) is 103 cm³/mol. The van der Waals surface area contributed by atoms with Crippen molar-refractivity contribution in [2.24, 2.45) is 0 Å². The molecule has 3 aromatic rings. The Hall–Kier alpha value is -3.18. The maximum Gasteiger partial charge on any atom is 0.416 e. The number of anilines is 1. The van der Waals surface area contributed by atoms with Gasteiger partial charge in [0.25, 0.3) is 10.0 Å². The van der Waals surface area contributed by atoms with E-state index in [1.165, 1.54) is 6.07 Å². The second-order valence-corrected chi connectivity index (χ2v) is 7.99. The van der Waals surface area contributed by atoms with Crippen LogP contribution in [0.4, 0.5) is 18.9 Å². The average Bonchev–Trinajstić information content (AvgIpc) is 2.67. The first-order valence-electron chi connectivity index (χ1n) is 8.57. The lowest BCUT2D eigenvalue weighted by Crippen LogP contribution is -2.22. The molecule has 1 aromatic heterocycles. The van der Waals surface area contributed by atoms with Crippen LogP contribution in [0.5, 0.6) is 0 Å². The molecule has 0 spiro atoms. The number of sulfonamides is 1. The number of pyridine rings is 1. The van der Waals surface area contributed by atoms with Gasteiger partial charge in [-0.1, -0.05) is 18.2 Å². The SMILES string of the molecule is O=C(O)CNCc1ccc2cccc(NS(=O)(=O)c3ccc(C(F)(F)F)cc3)c2n1. The topological polar surface area (TPSA) is 108 Å². The summed E-state index contributed by atoms with van der Waals surface area (Å²) < 4.78 is 65.7. The minimum atomic E-state index is -4.57. The largest absolute Gasteiger partial charge is 0.480 e. The van der Waals surface area contributed by atoms with Crippen molar-refractivity contribution in [1.82, 2.24) is 10.3 Å². The van der Waals surface area contributed by atoms with Crippen LogP contribution >= 0.6 is 0 Å². The van der Waals surface area contributed by atoms with Crippen LogP contribution in [0, 0.1) is 0 Å². The minimum Gasteiger partial charge on any atom is -0.480 e. The zero-order valence-electron chi connectivity index (χ0n) is 15.3. The number of fused-ring (bicyclic) bond motifs is 1. The van der Waals surface area contributed by atoms with Gasteiger partial charge in [0.15, 0.2) is 0 Å². The number of alkyl halides is 3. The highest BCUT2D eigenvalue weighted by molar-refractivity contribution is 7.92. The molecule has 0 fully saturated rings. The number of carboxylic acid groups (broad SMARTS) is 1. The van der Waals surface area contributed by atoms with E-state index >= 15 is 0 Å². The summed E-state index contributed by atoms with van der Waals surface area (Å²) in [6.45, 7) is -0.107. The van der Waals surface area contributed by atoms with E-state index in [1.54, 1.807) is 24.3 Å². The zero-order chi connectivity index (χ0) is 21.9. The number of aliphatic carboxylic acids is 1.